The highest BCUT2D eigenvalue weighted by Gasteiger charge is 2.19. The molecule has 0 N–H and O–H groups in total. The van der Waals surface area contributed by atoms with Crippen LogP contribution in [-0.2, 0) is 6.42 Å². The molecule has 0 radical (unpaired) electrons. The standard InChI is InChI=1S/C18H27NO2Si/c1-7-19(8-2)18(20)16-11-9-13-17(21-3)15(16)12-10-14-22(4,5)6/h9,11,13H,7-8,12H2,1-6H3. The first kappa shape index (κ1) is 18.3. The van der Waals surface area contributed by atoms with E-state index >= 15 is 0 Å². The summed E-state index contributed by atoms with van der Waals surface area (Å²) in [5, 5.41) is 0. The topological polar surface area (TPSA) is 29.5 Å². The molecule has 0 spiro atoms. The quantitative estimate of drug-likeness (QED) is 0.613. The summed E-state index contributed by atoms with van der Waals surface area (Å²) in [4.78, 5) is 14.5. The predicted molar refractivity (Wildman–Crippen MR) is 95.1 cm³/mol. The zero-order valence-electron chi connectivity index (χ0n) is 14.6. The number of carbonyl (C=O) groups is 1. The number of rotatable bonds is 5. The van der Waals surface area contributed by atoms with E-state index in [-0.39, 0.29) is 5.91 Å². The first-order valence-corrected chi connectivity index (χ1v) is 11.3. The van der Waals surface area contributed by atoms with Gasteiger partial charge in [0.15, 0.2) is 0 Å². The zero-order chi connectivity index (χ0) is 16.8. The number of benzene rings is 1. The van der Waals surface area contributed by atoms with Crippen LogP contribution < -0.4 is 4.74 Å². The number of nitrogens with zero attached hydrogens (tertiary/aromatic N) is 1. The minimum Gasteiger partial charge on any atom is -0.496 e. The second-order valence-corrected chi connectivity index (χ2v) is 10.9. The second kappa shape index (κ2) is 8.05. The molecule has 0 saturated heterocycles. The Kier molecular flexibility index (Phi) is 6.70. The van der Waals surface area contributed by atoms with Crippen LogP contribution in [0.1, 0.15) is 29.8 Å². The number of hydrogen-bond donors (Lipinski definition) is 0. The fraction of sp³-hybridized carbons (Fsp3) is 0.500. The third-order valence-corrected chi connectivity index (χ3v) is 4.29. The Hall–Kier alpha value is -1.73. The van der Waals surface area contributed by atoms with Crippen molar-refractivity contribution in [1.29, 1.82) is 0 Å². The van der Waals surface area contributed by atoms with E-state index in [4.69, 9.17) is 4.74 Å². The van der Waals surface area contributed by atoms with Gasteiger partial charge in [-0.2, -0.15) is 0 Å². The monoisotopic (exact) mass is 317 g/mol. The zero-order valence-corrected chi connectivity index (χ0v) is 15.6. The summed E-state index contributed by atoms with van der Waals surface area (Å²) in [6.07, 6.45) is 0.552. The van der Waals surface area contributed by atoms with E-state index in [1.807, 2.05) is 36.9 Å². The predicted octanol–water partition coefficient (Wildman–Crippen LogP) is 3.60. The lowest BCUT2D eigenvalue weighted by Gasteiger charge is -2.21. The fourth-order valence-electron chi connectivity index (χ4n) is 2.22. The summed E-state index contributed by atoms with van der Waals surface area (Å²) in [5.74, 6) is 4.04. The van der Waals surface area contributed by atoms with Gasteiger partial charge in [-0.1, -0.05) is 25.7 Å². The molecule has 1 aromatic carbocycles. The first-order valence-electron chi connectivity index (χ1n) is 7.79. The van der Waals surface area contributed by atoms with Gasteiger partial charge in [-0.15, -0.1) is 11.5 Å². The highest BCUT2D eigenvalue weighted by atomic mass is 28.3. The first-order chi connectivity index (χ1) is 10.3. The maximum absolute atomic E-state index is 12.7. The molecule has 0 aliphatic rings. The van der Waals surface area contributed by atoms with Crippen LogP contribution in [0.4, 0.5) is 0 Å². The lowest BCUT2D eigenvalue weighted by atomic mass is 10.0. The molecule has 0 atom stereocenters. The van der Waals surface area contributed by atoms with Gasteiger partial charge in [0.05, 0.1) is 7.11 Å². The van der Waals surface area contributed by atoms with E-state index in [1.54, 1.807) is 7.11 Å². The average molecular weight is 318 g/mol. The smallest absolute Gasteiger partial charge is 0.254 e. The molecule has 0 unspecified atom stereocenters. The van der Waals surface area contributed by atoms with Gasteiger partial charge in [-0.3, -0.25) is 4.79 Å². The van der Waals surface area contributed by atoms with Gasteiger partial charge in [0.25, 0.3) is 5.91 Å². The molecule has 1 rings (SSSR count). The van der Waals surface area contributed by atoms with Crippen molar-refractivity contribution in [2.24, 2.45) is 0 Å². The van der Waals surface area contributed by atoms with Crippen molar-refractivity contribution in [3.05, 3.63) is 29.3 Å². The third kappa shape index (κ3) is 4.92. The Balaban J connectivity index is 3.22. The molecule has 3 nitrogen and oxygen atoms in total. The van der Waals surface area contributed by atoms with Crippen molar-refractivity contribution in [1.82, 2.24) is 4.90 Å². The van der Waals surface area contributed by atoms with Crippen molar-refractivity contribution in [3.63, 3.8) is 0 Å². The number of amides is 1. The van der Waals surface area contributed by atoms with Crippen molar-refractivity contribution in [2.75, 3.05) is 20.2 Å². The van der Waals surface area contributed by atoms with Crippen LogP contribution in [0.3, 0.4) is 0 Å². The minimum absolute atomic E-state index is 0.0497. The highest BCUT2D eigenvalue weighted by molar-refractivity contribution is 6.83. The number of hydrogen-bond acceptors (Lipinski definition) is 2. The molecule has 0 bridgehead atoms. The van der Waals surface area contributed by atoms with Crippen LogP contribution in [0.5, 0.6) is 5.75 Å². The van der Waals surface area contributed by atoms with Gasteiger partial charge < -0.3 is 9.64 Å². The molecule has 120 valence electrons. The molecule has 1 amide bonds. The Labute approximate surface area is 135 Å². The van der Waals surface area contributed by atoms with Crippen LogP contribution in [-0.4, -0.2) is 39.1 Å². The van der Waals surface area contributed by atoms with E-state index in [0.29, 0.717) is 25.1 Å². The molecular formula is C18H27NO2Si. The van der Waals surface area contributed by atoms with Crippen molar-refractivity contribution in [3.8, 4) is 17.2 Å². The number of ether oxygens (including phenoxy) is 1. The van der Waals surface area contributed by atoms with E-state index < -0.39 is 8.07 Å². The van der Waals surface area contributed by atoms with Gasteiger partial charge in [0.2, 0.25) is 0 Å². The van der Waals surface area contributed by atoms with Gasteiger partial charge in [0, 0.05) is 30.6 Å². The SMILES string of the molecule is CCN(CC)C(=O)c1cccc(OC)c1CC#C[Si](C)(C)C. The summed E-state index contributed by atoms with van der Waals surface area (Å²) >= 11 is 0. The number of carbonyl (C=O) groups excluding carboxylic acids is 1. The Morgan fingerprint density at radius 2 is 1.86 bits per heavy atom. The molecule has 0 aliphatic carbocycles. The van der Waals surface area contributed by atoms with E-state index in [1.165, 1.54) is 0 Å². The Morgan fingerprint density at radius 1 is 1.23 bits per heavy atom. The summed E-state index contributed by atoms with van der Waals surface area (Å²) in [6, 6.07) is 5.63. The van der Waals surface area contributed by atoms with Crippen LogP contribution in [0.15, 0.2) is 18.2 Å². The fourth-order valence-corrected chi connectivity index (χ4v) is 2.84. The van der Waals surface area contributed by atoms with Gasteiger partial charge in [-0.05, 0) is 26.0 Å². The maximum Gasteiger partial charge on any atom is 0.254 e. The molecule has 4 heteroatoms. The second-order valence-electron chi connectivity index (χ2n) is 6.19. The van der Waals surface area contributed by atoms with Crippen molar-refractivity contribution in [2.45, 2.75) is 39.9 Å². The van der Waals surface area contributed by atoms with Gasteiger partial charge >= 0.3 is 0 Å². The summed E-state index contributed by atoms with van der Waals surface area (Å²) in [5.41, 5.74) is 4.95. The van der Waals surface area contributed by atoms with Crippen LogP contribution >= 0.6 is 0 Å². The average Bonchev–Trinajstić information content (AvgIpc) is 2.47. The summed E-state index contributed by atoms with van der Waals surface area (Å²) in [6.45, 7) is 12.0. The maximum atomic E-state index is 12.7. The normalized spacial score (nSPS) is 10.6. The molecule has 0 aromatic heterocycles. The van der Waals surface area contributed by atoms with Crippen LogP contribution in [0.25, 0.3) is 0 Å². The summed E-state index contributed by atoms with van der Waals surface area (Å²) < 4.78 is 5.44. The molecular weight excluding hydrogens is 290 g/mol. The third-order valence-electron chi connectivity index (χ3n) is 3.36. The lowest BCUT2D eigenvalue weighted by Crippen LogP contribution is -2.31. The van der Waals surface area contributed by atoms with Gasteiger partial charge in [0.1, 0.15) is 13.8 Å². The minimum atomic E-state index is -1.42. The van der Waals surface area contributed by atoms with E-state index in [0.717, 1.165) is 11.3 Å². The van der Waals surface area contributed by atoms with Gasteiger partial charge in [-0.25, -0.2) is 0 Å². The van der Waals surface area contributed by atoms with Crippen molar-refractivity contribution < 1.29 is 9.53 Å². The van der Waals surface area contributed by atoms with Crippen LogP contribution in [0.2, 0.25) is 19.6 Å². The summed E-state index contributed by atoms with van der Waals surface area (Å²) in [7, 11) is 0.219. The number of methoxy groups -OCH3 is 1. The molecule has 0 heterocycles. The molecule has 22 heavy (non-hydrogen) atoms. The van der Waals surface area contributed by atoms with E-state index in [2.05, 4.69) is 31.1 Å². The largest absolute Gasteiger partial charge is 0.496 e. The van der Waals surface area contributed by atoms with Crippen molar-refractivity contribution >= 4 is 14.0 Å². The molecule has 0 aliphatic heterocycles. The highest BCUT2D eigenvalue weighted by Crippen LogP contribution is 2.24. The van der Waals surface area contributed by atoms with Crippen LogP contribution in [0, 0.1) is 11.5 Å². The molecule has 0 fully saturated rings. The Morgan fingerprint density at radius 3 is 2.36 bits per heavy atom. The Bertz CT molecular complexity index is 575. The molecule has 1 aromatic rings. The lowest BCUT2D eigenvalue weighted by molar-refractivity contribution is 0.0771. The van der Waals surface area contributed by atoms with E-state index in [9.17, 15) is 4.79 Å². The molecule has 0 saturated carbocycles.